The summed E-state index contributed by atoms with van der Waals surface area (Å²) in [4.78, 5) is 27.4. The average molecular weight is 446 g/mol. The van der Waals surface area contributed by atoms with Crippen LogP contribution in [0.3, 0.4) is 0 Å². The maximum Gasteiger partial charge on any atom is 0.326 e. The fourth-order valence-corrected chi connectivity index (χ4v) is 3.84. The summed E-state index contributed by atoms with van der Waals surface area (Å²) in [6.07, 6.45) is 0.459. The van der Waals surface area contributed by atoms with Gasteiger partial charge in [-0.05, 0) is 23.1 Å². The fraction of sp³-hybridized carbons (Fsp3) is 0.259. The fourth-order valence-electron chi connectivity index (χ4n) is 3.84. The second-order valence-electron chi connectivity index (χ2n) is 7.98. The van der Waals surface area contributed by atoms with Crippen LogP contribution in [0.15, 0.2) is 91.0 Å². The molecule has 6 heteroatoms. The highest BCUT2D eigenvalue weighted by Crippen LogP contribution is 2.18. The molecule has 0 aliphatic carbocycles. The summed E-state index contributed by atoms with van der Waals surface area (Å²) in [7, 11) is 1.78. The Labute approximate surface area is 195 Å². The van der Waals surface area contributed by atoms with Crippen molar-refractivity contribution >= 4 is 11.9 Å². The second-order valence-corrected chi connectivity index (χ2v) is 7.98. The Balaban J connectivity index is 1.87. The summed E-state index contributed by atoms with van der Waals surface area (Å²) in [6, 6.07) is 27.1. The van der Waals surface area contributed by atoms with Crippen LogP contribution in [0.1, 0.15) is 29.7 Å². The molecule has 1 amide bonds. The Bertz CT molecular complexity index is 1010. The summed E-state index contributed by atoms with van der Waals surface area (Å²) < 4.78 is 0. The number of nitrogens with one attached hydrogen (secondary N) is 1. The van der Waals surface area contributed by atoms with Gasteiger partial charge in [0, 0.05) is 20.1 Å². The number of amides is 1. The summed E-state index contributed by atoms with van der Waals surface area (Å²) in [6.45, 7) is 2.85. The van der Waals surface area contributed by atoms with Crippen molar-refractivity contribution in [1.82, 2.24) is 15.3 Å². The Morgan fingerprint density at radius 1 is 0.848 bits per heavy atom. The molecule has 172 valence electrons. The number of carboxylic acids is 1. The number of carbonyl (C=O) groups is 2. The van der Waals surface area contributed by atoms with Crippen molar-refractivity contribution in [3.05, 3.63) is 108 Å². The predicted octanol–water partition coefficient (Wildman–Crippen LogP) is 3.91. The predicted molar refractivity (Wildman–Crippen MR) is 129 cm³/mol. The standard InChI is InChI=1S/C27H31N3O3/c1-3-30(28-25(27(32)33)23-17-11-6-12-18-23)24(19-21-13-7-4-8-14-21)26(31)29(2)20-22-15-9-5-10-16-22/h4-18,24-25,28H,3,19-20H2,1-2H3,(H,32,33). The van der Waals surface area contributed by atoms with Crippen LogP contribution in [0.25, 0.3) is 0 Å². The zero-order valence-corrected chi connectivity index (χ0v) is 19.1. The van der Waals surface area contributed by atoms with Crippen molar-refractivity contribution < 1.29 is 14.7 Å². The molecule has 3 aromatic rings. The molecular formula is C27H31N3O3. The lowest BCUT2D eigenvalue weighted by Crippen LogP contribution is -2.55. The van der Waals surface area contributed by atoms with Crippen LogP contribution in [-0.4, -0.2) is 46.5 Å². The van der Waals surface area contributed by atoms with E-state index in [4.69, 9.17) is 0 Å². The lowest BCUT2D eigenvalue weighted by Gasteiger charge is -2.35. The Morgan fingerprint density at radius 3 is 1.88 bits per heavy atom. The Morgan fingerprint density at radius 2 is 1.36 bits per heavy atom. The quantitative estimate of drug-likeness (QED) is 0.438. The van der Waals surface area contributed by atoms with Gasteiger partial charge < -0.3 is 10.0 Å². The Hall–Kier alpha value is -3.48. The lowest BCUT2D eigenvalue weighted by molar-refractivity contribution is -0.145. The van der Waals surface area contributed by atoms with Gasteiger partial charge in [-0.2, -0.15) is 0 Å². The molecule has 3 rings (SSSR count). The van der Waals surface area contributed by atoms with E-state index in [0.29, 0.717) is 25.1 Å². The van der Waals surface area contributed by atoms with E-state index in [9.17, 15) is 14.7 Å². The molecule has 0 bridgehead atoms. The second kappa shape index (κ2) is 11.9. The van der Waals surface area contributed by atoms with Crippen LogP contribution < -0.4 is 5.43 Å². The molecule has 33 heavy (non-hydrogen) atoms. The number of nitrogens with zero attached hydrogens (tertiary/aromatic N) is 2. The normalized spacial score (nSPS) is 12.8. The molecule has 2 atom stereocenters. The highest BCUT2D eigenvalue weighted by atomic mass is 16.4. The number of benzene rings is 3. The first-order chi connectivity index (χ1) is 16.0. The minimum atomic E-state index is -0.997. The van der Waals surface area contributed by atoms with E-state index in [1.54, 1.807) is 29.1 Å². The van der Waals surface area contributed by atoms with E-state index in [0.717, 1.165) is 11.1 Å². The molecule has 0 fully saturated rings. The minimum absolute atomic E-state index is 0.0748. The van der Waals surface area contributed by atoms with Gasteiger partial charge in [0.05, 0.1) is 0 Å². The van der Waals surface area contributed by atoms with Gasteiger partial charge in [0.25, 0.3) is 0 Å². The van der Waals surface area contributed by atoms with Crippen LogP contribution in [0.2, 0.25) is 0 Å². The first-order valence-electron chi connectivity index (χ1n) is 11.1. The van der Waals surface area contributed by atoms with Gasteiger partial charge in [-0.1, -0.05) is 97.9 Å². The van der Waals surface area contributed by atoms with Crippen molar-refractivity contribution in [2.75, 3.05) is 13.6 Å². The average Bonchev–Trinajstić information content (AvgIpc) is 2.85. The Kier molecular flexibility index (Phi) is 8.75. The molecular weight excluding hydrogens is 414 g/mol. The van der Waals surface area contributed by atoms with E-state index in [1.807, 2.05) is 85.8 Å². The molecule has 0 spiro atoms. The van der Waals surface area contributed by atoms with Gasteiger partial charge in [0.2, 0.25) is 5.91 Å². The van der Waals surface area contributed by atoms with Crippen molar-refractivity contribution in [3.63, 3.8) is 0 Å². The third-order valence-corrected chi connectivity index (χ3v) is 5.59. The van der Waals surface area contributed by atoms with Crippen LogP contribution >= 0.6 is 0 Å². The lowest BCUT2D eigenvalue weighted by atomic mass is 10.0. The number of hydrogen-bond donors (Lipinski definition) is 2. The maximum absolute atomic E-state index is 13.6. The first-order valence-corrected chi connectivity index (χ1v) is 11.1. The van der Waals surface area contributed by atoms with Crippen molar-refractivity contribution in [2.24, 2.45) is 0 Å². The third-order valence-electron chi connectivity index (χ3n) is 5.59. The van der Waals surface area contributed by atoms with E-state index in [-0.39, 0.29) is 5.91 Å². The number of hydrazine groups is 1. The van der Waals surface area contributed by atoms with E-state index >= 15 is 0 Å². The summed E-state index contributed by atoms with van der Waals surface area (Å²) >= 11 is 0. The monoisotopic (exact) mass is 445 g/mol. The zero-order valence-electron chi connectivity index (χ0n) is 19.1. The third kappa shape index (κ3) is 6.75. The van der Waals surface area contributed by atoms with E-state index in [1.165, 1.54) is 0 Å². The van der Waals surface area contributed by atoms with Crippen LogP contribution in [0.5, 0.6) is 0 Å². The van der Waals surface area contributed by atoms with Crippen molar-refractivity contribution in [1.29, 1.82) is 0 Å². The van der Waals surface area contributed by atoms with Crippen LogP contribution in [-0.2, 0) is 22.6 Å². The van der Waals surface area contributed by atoms with Gasteiger partial charge in [-0.25, -0.2) is 10.4 Å². The van der Waals surface area contributed by atoms with Gasteiger partial charge in [0.1, 0.15) is 12.1 Å². The van der Waals surface area contributed by atoms with Gasteiger partial charge in [-0.3, -0.25) is 9.59 Å². The molecule has 0 heterocycles. The van der Waals surface area contributed by atoms with E-state index in [2.05, 4.69) is 5.43 Å². The number of hydrogen-bond acceptors (Lipinski definition) is 4. The number of carbonyl (C=O) groups excluding carboxylic acids is 1. The minimum Gasteiger partial charge on any atom is -0.480 e. The molecule has 6 nitrogen and oxygen atoms in total. The summed E-state index contributed by atoms with van der Waals surface area (Å²) in [5.74, 6) is -1.07. The van der Waals surface area contributed by atoms with Crippen LogP contribution in [0, 0.1) is 0 Å². The molecule has 0 aliphatic heterocycles. The number of rotatable bonds is 11. The molecule has 0 radical (unpaired) electrons. The zero-order chi connectivity index (χ0) is 23.6. The molecule has 0 aliphatic rings. The molecule has 0 aromatic heterocycles. The molecule has 3 aromatic carbocycles. The smallest absolute Gasteiger partial charge is 0.326 e. The SMILES string of the molecule is CCN(NC(C(=O)O)c1ccccc1)C(Cc1ccccc1)C(=O)N(C)Cc1ccccc1. The number of likely N-dealkylation sites (N-methyl/N-ethyl adjacent to an activating group) is 2. The van der Waals surface area contributed by atoms with Crippen LogP contribution in [0.4, 0.5) is 0 Å². The number of carboxylic acid groups (broad SMARTS) is 1. The van der Waals surface area contributed by atoms with Gasteiger partial charge in [-0.15, -0.1) is 0 Å². The topological polar surface area (TPSA) is 72.9 Å². The van der Waals surface area contributed by atoms with Crippen molar-refractivity contribution in [2.45, 2.75) is 32.0 Å². The molecule has 0 saturated carbocycles. The number of aliphatic carboxylic acids is 1. The van der Waals surface area contributed by atoms with E-state index < -0.39 is 18.1 Å². The largest absolute Gasteiger partial charge is 0.480 e. The summed E-state index contributed by atoms with van der Waals surface area (Å²) in [5.41, 5.74) is 5.80. The van der Waals surface area contributed by atoms with Gasteiger partial charge in [0.15, 0.2) is 0 Å². The molecule has 2 unspecified atom stereocenters. The maximum atomic E-state index is 13.6. The molecule has 2 N–H and O–H groups in total. The first kappa shape index (κ1) is 24.2. The highest BCUT2D eigenvalue weighted by Gasteiger charge is 2.31. The highest BCUT2D eigenvalue weighted by molar-refractivity contribution is 5.82. The van der Waals surface area contributed by atoms with Crippen molar-refractivity contribution in [3.8, 4) is 0 Å². The summed E-state index contributed by atoms with van der Waals surface area (Å²) in [5, 5.41) is 11.7. The molecule has 0 saturated heterocycles. The van der Waals surface area contributed by atoms with Gasteiger partial charge >= 0.3 is 5.97 Å².